The molecule has 1 aliphatic heterocycles. The minimum atomic E-state index is -4.39. The Kier molecular flexibility index (Phi) is 36.2. The van der Waals surface area contributed by atoms with Gasteiger partial charge in [0, 0.05) is 12.8 Å². The van der Waals surface area contributed by atoms with Crippen LogP contribution in [0.5, 0.6) is 0 Å². The van der Waals surface area contributed by atoms with Crippen LogP contribution in [0.25, 0.3) is 0 Å². The predicted molar refractivity (Wildman–Crippen MR) is 251 cm³/mol. The molecule has 0 bridgehead atoms. The van der Waals surface area contributed by atoms with Crippen LogP contribution in [0.2, 0.25) is 0 Å². The fourth-order valence-electron chi connectivity index (χ4n) is 7.05. The summed E-state index contributed by atoms with van der Waals surface area (Å²) >= 11 is 0. The third kappa shape index (κ3) is 39.5. The number of nitrogens with zero attached hydrogens (tertiary/aromatic N) is 1. The van der Waals surface area contributed by atoms with Crippen molar-refractivity contribution in [1.29, 1.82) is 0 Å². The van der Waals surface area contributed by atoms with Crippen LogP contribution in [-0.2, 0) is 37.4 Å². The van der Waals surface area contributed by atoms with Crippen LogP contribution in [-0.4, -0.2) is 87.1 Å². The zero-order valence-corrected chi connectivity index (χ0v) is 40.7. The molecule has 0 aromatic heterocycles. The SMILES string of the molecule is CCCCC/C=C\C/C=C\CC1OC1C/C=C\CCCC(=O)OC[C@H](COP(=O)(O)OCC[N+](C)(C)C)OC(=O)CCCCCCCCCCCCCCCCCCCCC. The van der Waals surface area contributed by atoms with Crippen molar-refractivity contribution in [3.05, 3.63) is 36.5 Å². The van der Waals surface area contributed by atoms with Crippen molar-refractivity contribution in [2.45, 2.75) is 225 Å². The number of quaternary nitrogens is 1. The summed E-state index contributed by atoms with van der Waals surface area (Å²) in [6.45, 7) is 4.34. The van der Waals surface area contributed by atoms with Crippen LogP contribution < -0.4 is 0 Å². The van der Waals surface area contributed by atoms with Gasteiger partial charge < -0.3 is 23.6 Å². The first-order chi connectivity index (χ1) is 29.5. The second-order valence-corrected chi connectivity index (χ2v) is 19.7. The first kappa shape index (κ1) is 57.2. The smallest absolute Gasteiger partial charge is 0.462 e. The lowest BCUT2D eigenvalue weighted by atomic mass is 10.0. The summed E-state index contributed by atoms with van der Waals surface area (Å²) in [6.07, 6.45) is 46.5. The Bertz CT molecular complexity index is 1200. The van der Waals surface area contributed by atoms with Crippen molar-refractivity contribution < 1.29 is 46.8 Å². The summed E-state index contributed by atoms with van der Waals surface area (Å²) in [4.78, 5) is 35.5. The van der Waals surface area contributed by atoms with Gasteiger partial charge in [0.05, 0.1) is 40.0 Å². The highest BCUT2D eigenvalue weighted by molar-refractivity contribution is 7.47. The average molecular weight is 883 g/mol. The highest BCUT2D eigenvalue weighted by Gasteiger charge is 2.36. The molecule has 0 radical (unpaired) electrons. The fourth-order valence-corrected chi connectivity index (χ4v) is 7.79. The second-order valence-electron chi connectivity index (χ2n) is 18.2. The molecule has 3 unspecified atom stereocenters. The maximum absolute atomic E-state index is 12.8. The third-order valence-electron chi connectivity index (χ3n) is 11.1. The van der Waals surface area contributed by atoms with Crippen molar-refractivity contribution >= 4 is 19.8 Å². The number of phosphoric acid groups is 1. The van der Waals surface area contributed by atoms with E-state index in [0.717, 1.165) is 38.5 Å². The van der Waals surface area contributed by atoms with Gasteiger partial charge >= 0.3 is 19.8 Å². The lowest BCUT2D eigenvalue weighted by molar-refractivity contribution is -0.870. The Labute approximate surface area is 374 Å². The predicted octanol–water partition coefficient (Wildman–Crippen LogP) is 13.5. The van der Waals surface area contributed by atoms with E-state index in [1.165, 1.54) is 128 Å². The zero-order valence-electron chi connectivity index (χ0n) is 39.8. The van der Waals surface area contributed by atoms with Crippen LogP contribution in [0.1, 0.15) is 206 Å². The number of phosphoric ester groups is 1. The topological polar surface area (TPSA) is 121 Å². The van der Waals surface area contributed by atoms with Gasteiger partial charge in [-0.2, -0.15) is 0 Å². The van der Waals surface area contributed by atoms with E-state index in [1.807, 2.05) is 21.1 Å². The Balaban J connectivity index is 2.26. The van der Waals surface area contributed by atoms with Crippen LogP contribution in [0, 0.1) is 0 Å². The lowest BCUT2D eigenvalue weighted by Crippen LogP contribution is -2.37. The molecular weight excluding hydrogens is 790 g/mol. The lowest BCUT2D eigenvalue weighted by Gasteiger charge is -2.24. The number of esters is 2. The first-order valence-corrected chi connectivity index (χ1v) is 26.3. The molecule has 1 heterocycles. The zero-order chi connectivity index (χ0) is 44.7. The van der Waals surface area contributed by atoms with E-state index >= 15 is 0 Å². The number of carbonyl (C=O) groups excluding carboxylic acids is 2. The highest BCUT2D eigenvalue weighted by Crippen LogP contribution is 2.43. The molecule has 1 fully saturated rings. The molecule has 61 heavy (non-hydrogen) atoms. The standard InChI is InChI=1S/C50H92NO9P/c1-6-8-10-12-14-16-17-18-19-20-21-22-23-24-25-27-29-31-37-41-50(53)59-46(45-58-61(54,55)57-43-42-51(3,4)5)44-56-49(52)40-36-33-32-35-39-48-47(60-48)38-34-30-28-26-15-13-11-9-7-2/h15,26,30,32,34-35,46-48H,6-14,16-25,27-29,31,33,36-45H2,1-5H3/p+1/b26-15-,34-30-,35-32-/t46-,47?,48?/m1/s1. The van der Waals surface area contributed by atoms with Crippen molar-refractivity contribution in [3.8, 4) is 0 Å². The molecule has 11 heteroatoms. The molecule has 4 atom stereocenters. The number of hydrogen-bond acceptors (Lipinski definition) is 8. The van der Waals surface area contributed by atoms with Crippen LogP contribution >= 0.6 is 7.82 Å². The normalized spacial score (nSPS) is 17.1. The molecule has 0 spiro atoms. The molecule has 1 N–H and O–H groups in total. The maximum Gasteiger partial charge on any atom is 0.472 e. The summed E-state index contributed by atoms with van der Waals surface area (Å²) in [5, 5.41) is 0. The Morgan fingerprint density at radius 3 is 1.61 bits per heavy atom. The second kappa shape index (κ2) is 38.6. The molecule has 1 rings (SSSR count). The van der Waals surface area contributed by atoms with E-state index in [1.54, 1.807) is 0 Å². The molecule has 1 saturated heterocycles. The van der Waals surface area contributed by atoms with E-state index in [9.17, 15) is 19.0 Å². The monoisotopic (exact) mass is 883 g/mol. The summed E-state index contributed by atoms with van der Waals surface area (Å²) in [5.74, 6) is -0.864. The summed E-state index contributed by atoms with van der Waals surface area (Å²) < 4.78 is 40.2. The van der Waals surface area contributed by atoms with E-state index in [2.05, 4.69) is 50.3 Å². The van der Waals surface area contributed by atoms with Gasteiger partial charge in [0.15, 0.2) is 6.10 Å². The number of allylic oxidation sites excluding steroid dienone is 4. The minimum absolute atomic E-state index is 0.0214. The van der Waals surface area contributed by atoms with E-state index < -0.39 is 32.5 Å². The Hall–Kier alpha value is -1.81. The summed E-state index contributed by atoms with van der Waals surface area (Å²) in [5.41, 5.74) is 0. The Morgan fingerprint density at radius 2 is 1.05 bits per heavy atom. The van der Waals surface area contributed by atoms with Crippen molar-refractivity contribution in [3.63, 3.8) is 0 Å². The van der Waals surface area contributed by atoms with Crippen molar-refractivity contribution in [2.24, 2.45) is 0 Å². The number of carbonyl (C=O) groups is 2. The molecule has 0 aromatic rings. The Morgan fingerprint density at radius 1 is 0.590 bits per heavy atom. The molecular formula is C50H93NO9P+. The summed E-state index contributed by atoms with van der Waals surface area (Å²) in [6, 6.07) is 0. The fraction of sp³-hybridized carbons (Fsp3) is 0.840. The van der Waals surface area contributed by atoms with Crippen molar-refractivity contribution in [2.75, 3.05) is 47.5 Å². The average Bonchev–Trinajstić information content (AvgIpc) is 3.97. The first-order valence-electron chi connectivity index (χ1n) is 24.8. The number of rotatable bonds is 44. The van der Waals surface area contributed by atoms with Crippen LogP contribution in [0.4, 0.5) is 0 Å². The van der Waals surface area contributed by atoms with Gasteiger partial charge in [-0.15, -0.1) is 0 Å². The number of epoxide rings is 1. The van der Waals surface area contributed by atoms with Crippen LogP contribution in [0.15, 0.2) is 36.5 Å². The molecule has 0 aliphatic carbocycles. The molecule has 1 aliphatic rings. The number of ether oxygens (including phenoxy) is 3. The van der Waals surface area contributed by atoms with Gasteiger partial charge in [0.1, 0.15) is 19.8 Å². The van der Waals surface area contributed by atoms with Gasteiger partial charge in [-0.25, -0.2) is 4.57 Å². The number of hydrogen-bond donors (Lipinski definition) is 1. The number of likely N-dealkylation sites (N-methyl/N-ethyl adjacent to an activating group) is 1. The quantitative estimate of drug-likeness (QED) is 0.0159. The summed E-state index contributed by atoms with van der Waals surface area (Å²) in [7, 11) is 1.44. The largest absolute Gasteiger partial charge is 0.472 e. The molecule has 0 aromatic carbocycles. The molecule has 356 valence electrons. The van der Waals surface area contributed by atoms with Gasteiger partial charge in [-0.05, 0) is 51.4 Å². The highest BCUT2D eigenvalue weighted by atomic mass is 31.2. The minimum Gasteiger partial charge on any atom is -0.462 e. The van der Waals surface area contributed by atoms with Gasteiger partial charge in [-0.3, -0.25) is 18.6 Å². The third-order valence-corrected chi connectivity index (χ3v) is 12.1. The van der Waals surface area contributed by atoms with Gasteiger partial charge in [-0.1, -0.05) is 179 Å². The maximum atomic E-state index is 12.8. The van der Waals surface area contributed by atoms with Gasteiger partial charge in [0.2, 0.25) is 0 Å². The molecule has 0 amide bonds. The molecule has 10 nitrogen and oxygen atoms in total. The molecule has 0 saturated carbocycles. The van der Waals surface area contributed by atoms with E-state index in [0.29, 0.717) is 23.9 Å². The van der Waals surface area contributed by atoms with Crippen molar-refractivity contribution in [1.82, 2.24) is 0 Å². The number of unbranched alkanes of at least 4 members (excludes halogenated alkanes) is 22. The van der Waals surface area contributed by atoms with Gasteiger partial charge in [0.25, 0.3) is 0 Å². The van der Waals surface area contributed by atoms with E-state index in [-0.39, 0.29) is 38.3 Å². The van der Waals surface area contributed by atoms with Crippen LogP contribution in [0.3, 0.4) is 0 Å². The van der Waals surface area contributed by atoms with E-state index in [4.69, 9.17) is 23.3 Å².